The molecule has 21 heavy (non-hydrogen) atoms. The van der Waals surface area contributed by atoms with E-state index in [1.165, 1.54) is 18.2 Å². The zero-order valence-electron chi connectivity index (χ0n) is 11.5. The van der Waals surface area contributed by atoms with E-state index in [1.54, 1.807) is 13.8 Å². The second kappa shape index (κ2) is 5.53. The number of nitrogen functional groups attached to an aromatic ring is 1. The molecule has 0 atom stereocenters. The van der Waals surface area contributed by atoms with E-state index in [4.69, 9.17) is 11.5 Å². The van der Waals surface area contributed by atoms with Crippen LogP contribution in [0.3, 0.4) is 0 Å². The van der Waals surface area contributed by atoms with Crippen LogP contribution in [0.4, 0.5) is 15.1 Å². The molecule has 5 nitrogen and oxygen atoms in total. The summed E-state index contributed by atoms with van der Waals surface area (Å²) >= 11 is 0.995. The number of hydrogen-bond donors (Lipinski definition) is 3. The molecular formula is C14H14FN3O2S. The van der Waals surface area contributed by atoms with Crippen LogP contribution in [0, 0.1) is 19.7 Å². The molecule has 0 unspecified atom stereocenters. The van der Waals surface area contributed by atoms with Crippen LogP contribution in [-0.4, -0.2) is 11.8 Å². The van der Waals surface area contributed by atoms with Crippen molar-refractivity contribution in [2.24, 2.45) is 5.73 Å². The van der Waals surface area contributed by atoms with Gasteiger partial charge in [0.05, 0.1) is 15.4 Å². The lowest BCUT2D eigenvalue weighted by Crippen LogP contribution is -2.15. The fourth-order valence-corrected chi connectivity index (χ4v) is 2.94. The van der Waals surface area contributed by atoms with Crippen LogP contribution >= 0.6 is 11.3 Å². The molecule has 0 radical (unpaired) electrons. The van der Waals surface area contributed by atoms with Gasteiger partial charge in [-0.15, -0.1) is 11.3 Å². The van der Waals surface area contributed by atoms with E-state index in [9.17, 15) is 14.0 Å². The van der Waals surface area contributed by atoms with Gasteiger partial charge in [-0.2, -0.15) is 0 Å². The van der Waals surface area contributed by atoms with Crippen LogP contribution in [0.15, 0.2) is 18.2 Å². The van der Waals surface area contributed by atoms with E-state index in [0.29, 0.717) is 21.7 Å². The van der Waals surface area contributed by atoms with Gasteiger partial charge in [-0.1, -0.05) is 0 Å². The normalized spacial score (nSPS) is 10.4. The van der Waals surface area contributed by atoms with E-state index in [-0.39, 0.29) is 16.4 Å². The highest BCUT2D eigenvalue weighted by atomic mass is 32.1. The van der Waals surface area contributed by atoms with Crippen LogP contribution in [-0.2, 0) is 0 Å². The lowest BCUT2D eigenvalue weighted by atomic mass is 10.1. The number of carbonyl (C=O) groups is 2. The summed E-state index contributed by atoms with van der Waals surface area (Å²) in [5.74, 6) is -1.43. The average Bonchev–Trinajstić information content (AvgIpc) is 2.69. The lowest BCUT2D eigenvalue weighted by Gasteiger charge is -2.06. The molecule has 7 heteroatoms. The molecule has 0 spiro atoms. The summed E-state index contributed by atoms with van der Waals surface area (Å²) in [4.78, 5) is 23.8. The molecule has 0 saturated carbocycles. The third-order valence-corrected chi connectivity index (χ3v) is 4.16. The van der Waals surface area contributed by atoms with Gasteiger partial charge in [0.2, 0.25) is 0 Å². The van der Waals surface area contributed by atoms with Crippen LogP contribution in [0.2, 0.25) is 0 Å². The number of primary amides is 1. The van der Waals surface area contributed by atoms with Crippen LogP contribution in [0.25, 0.3) is 0 Å². The topological polar surface area (TPSA) is 98.2 Å². The number of nitrogens with two attached hydrogens (primary N) is 2. The third-order valence-electron chi connectivity index (χ3n) is 3.04. The number of benzene rings is 1. The molecule has 0 bridgehead atoms. The average molecular weight is 307 g/mol. The summed E-state index contributed by atoms with van der Waals surface area (Å²) in [6.07, 6.45) is 0. The number of thiophene rings is 1. The molecule has 0 aliphatic rings. The number of nitrogens with one attached hydrogen (secondary N) is 1. The molecule has 2 amide bonds. The van der Waals surface area contributed by atoms with E-state index < -0.39 is 11.8 Å². The van der Waals surface area contributed by atoms with E-state index in [1.807, 2.05) is 0 Å². The fourth-order valence-electron chi connectivity index (χ4n) is 1.97. The van der Waals surface area contributed by atoms with E-state index >= 15 is 0 Å². The quantitative estimate of drug-likeness (QED) is 0.812. The minimum absolute atomic E-state index is 0.167. The summed E-state index contributed by atoms with van der Waals surface area (Å²) in [5.41, 5.74) is 12.4. The van der Waals surface area contributed by atoms with Gasteiger partial charge in [0, 0.05) is 5.69 Å². The van der Waals surface area contributed by atoms with Gasteiger partial charge in [0.15, 0.2) is 0 Å². The number of amides is 2. The Kier molecular flexibility index (Phi) is 3.95. The Bertz CT molecular complexity index is 740. The Morgan fingerprint density at radius 3 is 2.48 bits per heavy atom. The first-order valence-electron chi connectivity index (χ1n) is 6.07. The van der Waals surface area contributed by atoms with Crippen LogP contribution < -0.4 is 16.8 Å². The number of carbonyl (C=O) groups excluding carboxylic acids is 2. The first-order chi connectivity index (χ1) is 9.81. The van der Waals surface area contributed by atoms with Crippen molar-refractivity contribution in [3.05, 3.63) is 45.6 Å². The minimum Gasteiger partial charge on any atom is -0.390 e. The molecule has 1 heterocycles. The number of aryl methyl sites for hydroxylation is 1. The van der Waals surface area contributed by atoms with Crippen molar-refractivity contribution in [1.29, 1.82) is 0 Å². The van der Waals surface area contributed by atoms with E-state index in [0.717, 1.165) is 11.3 Å². The minimum atomic E-state index is -0.669. The van der Waals surface area contributed by atoms with Gasteiger partial charge in [-0.25, -0.2) is 4.39 Å². The van der Waals surface area contributed by atoms with Crippen molar-refractivity contribution in [2.75, 3.05) is 11.1 Å². The summed E-state index contributed by atoms with van der Waals surface area (Å²) in [7, 11) is 0. The molecule has 1 aromatic carbocycles. The molecule has 110 valence electrons. The van der Waals surface area contributed by atoms with Crippen molar-refractivity contribution in [3.63, 3.8) is 0 Å². The Balaban J connectivity index is 2.31. The number of rotatable bonds is 3. The molecule has 2 aromatic rings. The maximum absolute atomic E-state index is 13.2. The number of anilines is 2. The monoisotopic (exact) mass is 307 g/mol. The van der Waals surface area contributed by atoms with Crippen LogP contribution in [0.5, 0.6) is 0 Å². The largest absolute Gasteiger partial charge is 0.390 e. The Labute approximate surface area is 124 Å². The molecule has 0 aliphatic carbocycles. The summed E-state index contributed by atoms with van der Waals surface area (Å²) < 4.78 is 13.2. The highest BCUT2D eigenvalue weighted by molar-refractivity contribution is 7.18. The fraction of sp³-hybridized carbons (Fsp3) is 0.143. The number of hydrogen-bond acceptors (Lipinski definition) is 4. The zero-order chi connectivity index (χ0) is 15.7. The zero-order valence-corrected chi connectivity index (χ0v) is 12.3. The lowest BCUT2D eigenvalue weighted by molar-refractivity contribution is 0.100. The summed E-state index contributed by atoms with van der Waals surface area (Å²) in [6, 6.07) is 4.26. The second-order valence-corrected chi connectivity index (χ2v) is 5.63. The first kappa shape index (κ1) is 15.0. The standard InChI is InChI=1S/C14H14FN3O2S/c1-6-5-8(3-4-9(6)15)18-14(20)11-7(2)10(12(16)19)13(17)21-11/h3-5H,17H2,1-2H3,(H2,16,19)(H,18,20). The summed E-state index contributed by atoms with van der Waals surface area (Å²) in [6.45, 7) is 3.21. The van der Waals surface area contributed by atoms with Gasteiger partial charge < -0.3 is 16.8 Å². The molecule has 5 N–H and O–H groups in total. The molecular weight excluding hydrogens is 293 g/mol. The molecule has 2 rings (SSSR count). The predicted molar refractivity (Wildman–Crippen MR) is 81.1 cm³/mol. The van der Waals surface area contributed by atoms with Crippen molar-refractivity contribution in [2.45, 2.75) is 13.8 Å². The Morgan fingerprint density at radius 1 is 1.29 bits per heavy atom. The van der Waals surface area contributed by atoms with Gasteiger partial charge in [-0.3, -0.25) is 9.59 Å². The first-order valence-corrected chi connectivity index (χ1v) is 6.89. The Hall–Kier alpha value is -2.41. The third kappa shape index (κ3) is 2.87. The van der Waals surface area contributed by atoms with Crippen molar-refractivity contribution >= 4 is 33.8 Å². The van der Waals surface area contributed by atoms with Gasteiger partial charge in [0.1, 0.15) is 5.82 Å². The van der Waals surface area contributed by atoms with Gasteiger partial charge in [0.25, 0.3) is 11.8 Å². The molecule has 1 aromatic heterocycles. The second-order valence-electron chi connectivity index (χ2n) is 4.58. The number of halogens is 1. The van der Waals surface area contributed by atoms with Crippen LogP contribution in [0.1, 0.15) is 31.2 Å². The van der Waals surface area contributed by atoms with Crippen molar-refractivity contribution in [1.82, 2.24) is 0 Å². The smallest absolute Gasteiger partial charge is 0.266 e. The SMILES string of the molecule is Cc1cc(NC(=O)c2sc(N)c(C(N)=O)c2C)ccc1F. The highest BCUT2D eigenvalue weighted by Gasteiger charge is 2.21. The predicted octanol–water partition coefficient (Wildman–Crippen LogP) is 2.44. The van der Waals surface area contributed by atoms with Crippen molar-refractivity contribution < 1.29 is 14.0 Å². The highest BCUT2D eigenvalue weighted by Crippen LogP contribution is 2.30. The summed E-state index contributed by atoms with van der Waals surface area (Å²) in [5, 5.41) is 2.85. The van der Waals surface area contributed by atoms with Crippen molar-refractivity contribution in [3.8, 4) is 0 Å². The maximum Gasteiger partial charge on any atom is 0.266 e. The van der Waals surface area contributed by atoms with Gasteiger partial charge >= 0.3 is 0 Å². The maximum atomic E-state index is 13.2. The Morgan fingerprint density at radius 2 is 1.95 bits per heavy atom. The molecule has 0 fully saturated rings. The van der Waals surface area contributed by atoms with E-state index in [2.05, 4.69) is 5.32 Å². The molecule has 0 saturated heterocycles. The van der Waals surface area contributed by atoms with Gasteiger partial charge in [-0.05, 0) is 43.2 Å². The molecule has 0 aliphatic heterocycles.